The second-order valence-corrected chi connectivity index (χ2v) is 5.61. The van der Waals surface area contributed by atoms with Crippen molar-refractivity contribution >= 4 is 5.69 Å². The molecule has 0 aliphatic rings. The first-order valence-corrected chi connectivity index (χ1v) is 6.24. The number of hydrogen-bond donors (Lipinski definition) is 0. The quantitative estimate of drug-likeness (QED) is 0.583. The van der Waals surface area contributed by atoms with Crippen molar-refractivity contribution in [1.82, 2.24) is 0 Å². The Balaban J connectivity index is 2.61. The predicted molar refractivity (Wildman–Crippen MR) is 77.2 cm³/mol. The summed E-state index contributed by atoms with van der Waals surface area (Å²) in [5.41, 5.74) is 2.57. The van der Waals surface area contributed by atoms with Crippen LogP contribution in [0.2, 0.25) is 0 Å². The molecule has 0 fully saturated rings. The average Bonchev–Trinajstić information content (AvgIpc) is 2.38. The zero-order chi connectivity index (χ0) is 14.0. The second kappa shape index (κ2) is 4.84. The van der Waals surface area contributed by atoms with Gasteiger partial charge in [-0.1, -0.05) is 57.2 Å². The normalized spacial score (nSPS) is 11.3. The molecule has 0 N–H and O–H groups in total. The van der Waals surface area contributed by atoms with Crippen molar-refractivity contribution in [3.63, 3.8) is 0 Å². The smallest absolute Gasteiger partial charge is 0.258 e. The van der Waals surface area contributed by atoms with Crippen LogP contribution in [-0.4, -0.2) is 4.92 Å². The molecule has 0 aliphatic carbocycles. The maximum absolute atomic E-state index is 11.3. The monoisotopic (exact) mass is 255 g/mol. The van der Waals surface area contributed by atoms with E-state index in [1.54, 1.807) is 6.07 Å². The second-order valence-electron chi connectivity index (χ2n) is 5.61. The molecule has 2 rings (SSSR count). The molecule has 0 atom stereocenters. The van der Waals surface area contributed by atoms with Crippen LogP contribution in [0.15, 0.2) is 48.5 Å². The molecule has 0 aliphatic heterocycles. The molecule has 0 bridgehead atoms. The summed E-state index contributed by atoms with van der Waals surface area (Å²) >= 11 is 0. The summed E-state index contributed by atoms with van der Waals surface area (Å²) in [4.78, 5) is 11.0. The lowest BCUT2D eigenvalue weighted by Gasteiger charge is -2.19. The van der Waals surface area contributed by atoms with E-state index in [1.807, 2.05) is 63.2 Å². The maximum atomic E-state index is 11.3. The van der Waals surface area contributed by atoms with E-state index in [1.165, 1.54) is 0 Å². The lowest BCUT2D eigenvalue weighted by molar-refractivity contribution is -0.384. The summed E-state index contributed by atoms with van der Waals surface area (Å²) in [7, 11) is 0. The summed E-state index contributed by atoms with van der Waals surface area (Å²) < 4.78 is 0. The molecule has 2 aromatic carbocycles. The summed E-state index contributed by atoms with van der Waals surface area (Å²) in [6.07, 6.45) is 0. The Morgan fingerprint density at radius 3 is 2.16 bits per heavy atom. The van der Waals surface area contributed by atoms with Crippen molar-refractivity contribution in [2.75, 3.05) is 0 Å². The van der Waals surface area contributed by atoms with Crippen LogP contribution in [0.1, 0.15) is 26.3 Å². The maximum Gasteiger partial charge on any atom is 0.277 e. The zero-order valence-corrected chi connectivity index (χ0v) is 11.4. The van der Waals surface area contributed by atoms with E-state index >= 15 is 0 Å². The SMILES string of the molecule is CC(C)(C)c1ccc(-c2ccccc2)c([N+](=O)[O-])c1. The fraction of sp³-hybridized carbons (Fsp3) is 0.250. The highest BCUT2D eigenvalue weighted by atomic mass is 16.6. The average molecular weight is 255 g/mol. The Hall–Kier alpha value is -2.16. The van der Waals surface area contributed by atoms with Gasteiger partial charge in [0, 0.05) is 6.07 Å². The van der Waals surface area contributed by atoms with E-state index in [-0.39, 0.29) is 16.0 Å². The van der Waals surface area contributed by atoms with Gasteiger partial charge in [0.15, 0.2) is 0 Å². The van der Waals surface area contributed by atoms with E-state index in [0.29, 0.717) is 5.56 Å². The summed E-state index contributed by atoms with van der Waals surface area (Å²) in [5.74, 6) is 0. The van der Waals surface area contributed by atoms with E-state index < -0.39 is 0 Å². The third-order valence-corrected chi connectivity index (χ3v) is 3.15. The van der Waals surface area contributed by atoms with E-state index in [0.717, 1.165) is 11.1 Å². The molecule has 98 valence electrons. The predicted octanol–water partition coefficient (Wildman–Crippen LogP) is 4.56. The molecule has 0 heterocycles. The molecule has 0 aromatic heterocycles. The van der Waals surface area contributed by atoms with E-state index in [4.69, 9.17) is 0 Å². The Morgan fingerprint density at radius 1 is 1.00 bits per heavy atom. The third-order valence-electron chi connectivity index (χ3n) is 3.15. The first-order chi connectivity index (χ1) is 8.89. The van der Waals surface area contributed by atoms with Gasteiger partial charge in [-0.25, -0.2) is 0 Å². The Morgan fingerprint density at radius 2 is 1.63 bits per heavy atom. The van der Waals surface area contributed by atoms with Crippen LogP contribution in [0.25, 0.3) is 11.1 Å². The van der Waals surface area contributed by atoms with E-state index in [2.05, 4.69) is 0 Å². The number of hydrogen-bond acceptors (Lipinski definition) is 2. The van der Waals surface area contributed by atoms with Crippen LogP contribution in [0.4, 0.5) is 5.69 Å². The van der Waals surface area contributed by atoms with Crippen molar-refractivity contribution in [2.45, 2.75) is 26.2 Å². The first-order valence-electron chi connectivity index (χ1n) is 6.24. The minimum atomic E-state index is -0.308. The van der Waals surface area contributed by atoms with Crippen LogP contribution in [0, 0.1) is 10.1 Å². The molecule has 0 saturated carbocycles. The van der Waals surface area contributed by atoms with Gasteiger partial charge < -0.3 is 0 Å². The summed E-state index contributed by atoms with van der Waals surface area (Å²) in [5, 5.41) is 11.3. The van der Waals surface area contributed by atoms with Gasteiger partial charge >= 0.3 is 0 Å². The Bertz CT molecular complexity index is 598. The number of nitrogens with zero attached hydrogens (tertiary/aromatic N) is 1. The van der Waals surface area contributed by atoms with Crippen LogP contribution >= 0.6 is 0 Å². The highest BCUT2D eigenvalue weighted by molar-refractivity contribution is 5.74. The molecule has 3 heteroatoms. The topological polar surface area (TPSA) is 43.1 Å². The highest BCUT2D eigenvalue weighted by Crippen LogP contribution is 2.34. The van der Waals surface area contributed by atoms with Gasteiger partial charge in [0.05, 0.1) is 10.5 Å². The Kier molecular flexibility index (Phi) is 3.38. The zero-order valence-electron chi connectivity index (χ0n) is 11.4. The Labute approximate surface area is 113 Å². The first kappa shape index (κ1) is 13.3. The summed E-state index contributed by atoms with van der Waals surface area (Å²) in [6.45, 7) is 6.15. The number of nitro groups is 1. The molecule has 2 aromatic rings. The van der Waals surface area contributed by atoms with Crippen LogP contribution in [0.3, 0.4) is 0 Å². The van der Waals surface area contributed by atoms with Gasteiger partial charge in [-0.15, -0.1) is 0 Å². The van der Waals surface area contributed by atoms with Crippen molar-refractivity contribution in [3.8, 4) is 11.1 Å². The van der Waals surface area contributed by atoms with Crippen molar-refractivity contribution < 1.29 is 4.92 Å². The van der Waals surface area contributed by atoms with Gasteiger partial charge in [-0.05, 0) is 22.6 Å². The molecular weight excluding hydrogens is 238 g/mol. The minimum Gasteiger partial charge on any atom is -0.258 e. The van der Waals surface area contributed by atoms with Crippen LogP contribution in [-0.2, 0) is 5.41 Å². The third kappa shape index (κ3) is 2.81. The van der Waals surface area contributed by atoms with Gasteiger partial charge in [0.2, 0.25) is 0 Å². The molecular formula is C16H17NO2. The molecule has 3 nitrogen and oxygen atoms in total. The fourth-order valence-corrected chi connectivity index (χ4v) is 2.01. The highest BCUT2D eigenvalue weighted by Gasteiger charge is 2.21. The van der Waals surface area contributed by atoms with E-state index in [9.17, 15) is 10.1 Å². The van der Waals surface area contributed by atoms with Gasteiger partial charge in [-0.2, -0.15) is 0 Å². The molecule has 0 radical (unpaired) electrons. The van der Waals surface area contributed by atoms with Crippen molar-refractivity contribution in [2.24, 2.45) is 0 Å². The largest absolute Gasteiger partial charge is 0.277 e. The minimum absolute atomic E-state index is 0.0972. The number of rotatable bonds is 2. The van der Waals surface area contributed by atoms with Crippen molar-refractivity contribution in [3.05, 3.63) is 64.2 Å². The molecule has 0 saturated heterocycles. The van der Waals surface area contributed by atoms with Gasteiger partial charge in [0.25, 0.3) is 5.69 Å². The van der Waals surface area contributed by atoms with Gasteiger partial charge in [0.1, 0.15) is 0 Å². The molecule has 19 heavy (non-hydrogen) atoms. The molecule has 0 unspecified atom stereocenters. The standard InChI is InChI=1S/C16H17NO2/c1-16(2,3)13-9-10-14(15(11-13)17(18)19)12-7-5-4-6-8-12/h4-11H,1-3H3. The number of nitro benzene ring substituents is 1. The fourth-order valence-electron chi connectivity index (χ4n) is 2.01. The van der Waals surface area contributed by atoms with Crippen molar-refractivity contribution in [1.29, 1.82) is 0 Å². The lowest BCUT2D eigenvalue weighted by Crippen LogP contribution is -2.11. The summed E-state index contributed by atoms with van der Waals surface area (Å²) in [6, 6.07) is 14.9. The lowest BCUT2D eigenvalue weighted by atomic mass is 9.85. The van der Waals surface area contributed by atoms with Crippen LogP contribution < -0.4 is 0 Å². The number of benzene rings is 2. The van der Waals surface area contributed by atoms with Crippen LogP contribution in [0.5, 0.6) is 0 Å². The van der Waals surface area contributed by atoms with Gasteiger partial charge in [-0.3, -0.25) is 10.1 Å². The molecule has 0 spiro atoms. The molecule has 0 amide bonds.